The van der Waals surface area contributed by atoms with Gasteiger partial charge in [-0.1, -0.05) is 30.3 Å². The fourth-order valence-electron chi connectivity index (χ4n) is 4.45. The third kappa shape index (κ3) is 5.18. The second-order valence-corrected chi connectivity index (χ2v) is 8.63. The molecule has 1 spiro atoms. The van der Waals surface area contributed by atoms with Gasteiger partial charge in [0, 0.05) is 18.8 Å². The minimum atomic E-state index is -0.0973. The van der Waals surface area contributed by atoms with Crippen molar-refractivity contribution >= 4 is 29.0 Å². The molecule has 30 heavy (non-hydrogen) atoms. The SMILES string of the molecule is O=C1NCCC12CCCN(CCc1ccc(OC(=S)Nc3ccccc3)cc1)CC2. The number of benzene rings is 2. The van der Waals surface area contributed by atoms with Crippen LogP contribution in [0.5, 0.6) is 5.75 Å². The number of rotatable bonds is 5. The van der Waals surface area contributed by atoms with E-state index in [1.54, 1.807) is 0 Å². The molecular formula is C24H29N3O2S. The molecule has 0 saturated carbocycles. The van der Waals surface area contributed by atoms with E-state index in [1.165, 1.54) is 5.56 Å². The molecule has 4 rings (SSSR count). The number of hydrogen-bond acceptors (Lipinski definition) is 4. The van der Waals surface area contributed by atoms with Gasteiger partial charge < -0.3 is 20.3 Å². The number of carbonyl (C=O) groups is 1. The predicted octanol–water partition coefficient (Wildman–Crippen LogP) is 4.00. The van der Waals surface area contributed by atoms with E-state index in [-0.39, 0.29) is 11.3 Å². The highest BCUT2D eigenvalue weighted by atomic mass is 32.1. The van der Waals surface area contributed by atoms with E-state index in [1.807, 2.05) is 42.5 Å². The fourth-order valence-corrected chi connectivity index (χ4v) is 4.66. The maximum atomic E-state index is 12.2. The van der Waals surface area contributed by atoms with Crippen LogP contribution in [-0.2, 0) is 11.2 Å². The van der Waals surface area contributed by atoms with Gasteiger partial charge in [-0.2, -0.15) is 0 Å². The first-order valence-corrected chi connectivity index (χ1v) is 11.2. The van der Waals surface area contributed by atoms with Gasteiger partial charge in [0.1, 0.15) is 5.75 Å². The molecule has 1 atom stereocenters. The lowest BCUT2D eigenvalue weighted by Gasteiger charge is -2.24. The molecular weight excluding hydrogens is 394 g/mol. The average molecular weight is 424 g/mol. The highest BCUT2D eigenvalue weighted by Crippen LogP contribution is 2.37. The van der Waals surface area contributed by atoms with Gasteiger partial charge in [-0.15, -0.1) is 0 Å². The third-order valence-corrected chi connectivity index (χ3v) is 6.46. The molecule has 158 valence electrons. The number of anilines is 1. The average Bonchev–Trinajstić information content (AvgIpc) is 2.98. The van der Waals surface area contributed by atoms with Crippen molar-refractivity contribution in [2.75, 3.05) is 31.5 Å². The maximum Gasteiger partial charge on any atom is 0.266 e. The molecule has 2 aromatic rings. The van der Waals surface area contributed by atoms with Crippen LogP contribution in [0.4, 0.5) is 5.69 Å². The number of carbonyl (C=O) groups excluding carboxylic acids is 1. The summed E-state index contributed by atoms with van der Waals surface area (Å²) in [4.78, 5) is 14.7. The number of ether oxygens (including phenoxy) is 1. The van der Waals surface area contributed by atoms with Crippen molar-refractivity contribution in [2.45, 2.75) is 32.1 Å². The highest BCUT2D eigenvalue weighted by Gasteiger charge is 2.42. The minimum Gasteiger partial charge on any atom is -0.432 e. The molecule has 2 heterocycles. The number of nitrogens with zero attached hydrogens (tertiary/aromatic N) is 1. The number of para-hydroxylation sites is 1. The van der Waals surface area contributed by atoms with Crippen LogP contribution in [0.1, 0.15) is 31.2 Å². The second kappa shape index (κ2) is 9.58. The van der Waals surface area contributed by atoms with Gasteiger partial charge in [-0.3, -0.25) is 4.79 Å². The zero-order chi connectivity index (χ0) is 20.8. The first-order chi connectivity index (χ1) is 14.6. The zero-order valence-corrected chi connectivity index (χ0v) is 18.0. The summed E-state index contributed by atoms with van der Waals surface area (Å²) < 4.78 is 5.72. The normalized spacial score (nSPS) is 21.8. The lowest BCUT2D eigenvalue weighted by atomic mass is 9.79. The van der Waals surface area contributed by atoms with Gasteiger partial charge in [-0.25, -0.2) is 0 Å². The quantitative estimate of drug-likeness (QED) is 0.712. The molecule has 2 aromatic carbocycles. The van der Waals surface area contributed by atoms with Crippen molar-refractivity contribution in [1.29, 1.82) is 0 Å². The lowest BCUT2D eigenvalue weighted by molar-refractivity contribution is -0.128. The molecule has 6 heteroatoms. The summed E-state index contributed by atoms with van der Waals surface area (Å²) in [6.45, 7) is 3.95. The minimum absolute atomic E-state index is 0.0973. The van der Waals surface area contributed by atoms with Gasteiger partial charge in [0.15, 0.2) is 0 Å². The Labute approximate surface area is 183 Å². The Morgan fingerprint density at radius 2 is 1.87 bits per heavy atom. The van der Waals surface area contributed by atoms with E-state index in [0.717, 1.165) is 69.7 Å². The Balaban J connectivity index is 1.24. The van der Waals surface area contributed by atoms with E-state index in [2.05, 4.69) is 27.7 Å². The molecule has 0 aliphatic carbocycles. The molecule has 2 aliphatic rings. The number of likely N-dealkylation sites (tertiary alicyclic amines) is 1. The zero-order valence-electron chi connectivity index (χ0n) is 17.2. The number of amides is 1. The number of hydrogen-bond donors (Lipinski definition) is 2. The van der Waals surface area contributed by atoms with Crippen molar-refractivity contribution in [1.82, 2.24) is 10.2 Å². The molecule has 2 N–H and O–H groups in total. The van der Waals surface area contributed by atoms with E-state index < -0.39 is 0 Å². The van der Waals surface area contributed by atoms with E-state index in [9.17, 15) is 4.79 Å². The molecule has 0 aromatic heterocycles. The van der Waals surface area contributed by atoms with Gasteiger partial charge in [0.2, 0.25) is 5.91 Å². The van der Waals surface area contributed by atoms with Crippen LogP contribution in [-0.4, -0.2) is 42.2 Å². The summed E-state index contributed by atoms with van der Waals surface area (Å²) >= 11 is 5.28. The van der Waals surface area contributed by atoms with Crippen LogP contribution >= 0.6 is 12.2 Å². The van der Waals surface area contributed by atoms with Gasteiger partial charge in [0.05, 0.1) is 5.41 Å². The Bertz CT molecular complexity index is 872. The molecule has 0 bridgehead atoms. The lowest BCUT2D eigenvalue weighted by Crippen LogP contribution is -2.33. The number of thiocarbonyl (C=S) groups is 1. The molecule has 0 radical (unpaired) electrons. The van der Waals surface area contributed by atoms with E-state index in [0.29, 0.717) is 5.17 Å². The second-order valence-electron chi connectivity index (χ2n) is 8.26. The fraction of sp³-hybridized carbons (Fsp3) is 0.417. The Kier molecular flexibility index (Phi) is 6.65. The molecule has 1 amide bonds. The molecule has 2 fully saturated rings. The third-order valence-electron chi connectivity index (χ3n) is 6.28. The van der Waals surface area contributed by atoms with Gasteiger partial charge in [0.25, 0.3) is 5.17 Å². The topological polar surface area (TPSA) is 53.6 Å². The summed E-state index contributed by atoms with van der Waals surface area (Å²) in [5, 5.41) is 6.44. The first kappa shape index (κ1) is 20.8. The van der Waals surface area contributed by atoms with Crippen molar-refractivity contribution in [3.05, 3.63) is 60.2 Å². The molecule has 5 nitrogen and oxygen atoms in total. The first-order valence-electron chi connectivity index (χ1n) is 10.8. The summed E-state index contributed by atoms with van der Waals surface area (Å²) in [7, 11) is 0. The van der Waals surface area contributed by atoms with E-state index in [4.69, 9.17) is 17.0 Å². The Morgan fingerprint density at radius 3 is 2.60 bits per heavy atom. The monoisotopic (exact) mass is 423 g/mol. The Hall–Kier alpha value is -2.44. The predicted molar refractivity (Wildman–Crippen MR) is 124 cm³/mol. The largest absolute Gasteiger partial charge is 0.432 e. The summed E-state index contributed by atoms with van der Waals surface area (Å²) in [6, 6.07) is 17.9. The maximum absolute atomic E-state index is 12.2. The van der Waals surface area contributed by atoms with Crippen LogP contribution in [0.25, 0.3) is 0 Å². The van der Waals surface area contributed by atoms with Crippen molar-refractivity contribution in [3.63, 3.8) is 0 Å². The van der Waals surface area contributed by atoms with Gasteiger partial charge in [-0.05, 0) is 87.2 Å². The van der Waals surface area contributed by atoms with E-state index >= 15 is 0 Å². The van der Waals surface area contributed by atoms with Gasteiger partial charge >= 0.3 is 0 Å². The smallest absolute Gasteiger partial charge is 0.266 e. The summed E-state index contributed by atoms with van der Waals surface area (Å²) in [5.41, 5.74) is 2.09. The summed E-state index contributed by atoms with van der Waals surface area (Å²) in [6.07, 6.45) is 5.11. The van der Waals surface area contributed by atoms with Crippen molar-refractivity contribution < 1.29 is 9.53 Å². The Morgan fingerprint density at radius 1 is 1.07 bits per heavy atom. The standard InChI is InChI=1S/C24H29N3O2S/c28-22-24(13-15-25-22)12-4-16-27(18-14-24)17-11-19-7-9-21(10-8-19)29-23(30)26-20-5-2-1-3-6-20/h1-3,5-10H,4,11-18H2,(H,25,28)(H,26,30). The van der Waals surface area contributed by atoms with Crippen molar-refractivity contribution in [2.24, 2.45) is 5.41 Å². The van der Waals surface area contributed by atoms with Crippen LogP contribution in [0, 0.1) is 5.41 Å². The van der Waals surface area contributed by atoms with Crippen LogP contribution in [0.15, 0.2) is 54.6 Å². The number of nitrogens with one attached hydrogen (secondary N) is 2. The van der Waals surface area contributed by atoms with Crippen LogP contribution in [0.3, 0.4) is 0 Å². The van der Waals surface area contributed by atoms with Crippen LogP contribution < -0.4 is 15.4 Å². The van der Waals surface area contributed by atoms with Crippen LogP contribution in [0.2, 0.25) is 0 Å². The summed E-state index contributed by atoms with van der Waals surface area (Å²) in [5.74, 6) is 1.01. The molecule has 2 aliphatic heterocycles. The van der Waals surface area contributed by atoms with Crippen molar-refractivity contribution in [3.8, 4) is 5.75 Å². The highest BCUT2D eigenvalue weighted by molar-refractivity contribution is 7.80. The molecule has 2 saturated heterocycles. The molecule has 1 unspecified atom stereocenters.